The monoisotopic (exact) mass is 458 g/mol. The van der Waals surface area contributed by atoms with Crippen LogP contribution in [0.4, 0.5) is 18.9 Å². The first-order valence-electron chi connectivity index (χ1n) is 10.8. The molecule has 1 amide bonds. The van der Waals surface area contributed by atoms with E-state index < -0.39 is 28.8 Å². The second-order valence-corrected chi connectivity index (χ2v) is 8.52. The summed E-state index contributed by atoms with van der Waals surface area (Å²) in [6, 6.07) is 11.0. The van der Waals surface area contributed by atoms with Crippen LogP contribution in [0.25, 0.3) is 0 Å². The molecule has 1 atom stereocenters. The van der Waals surface area contributed by atoms with Crippen molar-refractivity contribution in [1.29, 1.82) is 5.26 Å². The highest BCUT2D eigenvalue weighted by Crippen LogP contribution is 2.37. The summed E-state index contributed by atoms with van der Waals surface area (Å²) < 4.78 is 40.0. The Balaban J connectivity index is 1.94. The van der Waals surface area contributed by atoms with E-state index in [0.29, 0.717) is 30.0 Å². The number of ketones is 1. The van der Waals surface area contributed by atoms with Crippen molar-refractivity contribution >= 4 is 17.4 Å². The standard InChI is InChI=1S/C25H25F3N2O3/c1-16(31)18-7-5-6-17(12-18)14-24(33,20-8-3-2-4-9-20)23(32)30-21-11-10-19(15-29)22(13-21)25(26,27)28/h5-7,10-13,20,33H,2-4,8-9,14H2,1H3,(H,30,32). The molecule has 0 radical (unpaired) electrons. The Labute approximate surface area is 190 Å². The lowest BCUT2D eigenvalue weighted by Gasteiger charge is -2.37. The summed E-state index contributed by atoms with van der Waals surface area (Å²) in [7, 11) is 0. The molecule has 2 aromatic carbocycles. The number of halogens is 3. The number of hydrogen-bond acceptors (Lipinski definition) is 4. The van der Waals surface area contributed by atoms with Crippen molar-refractivity contribution in [3.8, 4) is 6.07 Å². The summed E-state index contributed by atoms with van der Waals surface area (Å²) >= 11 is 0. The molecular formula is C25H25F3N2O3. The molecule has 1 fully saturated rings. The van der Waals surface area contributed by atoms with Gasteiger partial charge in [0, 0.05) is 17.7 Å². The molecule has 0 saturated heterocycles. The molecule has 8 heteroatoms. The Bertz CT molecular complexity index is 1090. The molecule has 0 heterocycles. The number of aliphatic hydroxyl groups is 1. The number of rotatable bonds is 6. The first-order valence-corrected chi connectivity index (χ1v) is 10.8. The van der Waals surface area contributed by atoms with Crippen LogP contribution in [0, 0.1) is 17.2 Å². The molecule has 0 spiro atoms. The van der Waals surface area contributed by atoms with Gasteiger partial charge in [-0.1, -0.05) is 37.5 Å². The van der Waals surface area contributed by atoms with E-state index >= 15 is 0 Å². The lowest BCUT2D eigenvalue weighted by molar-refractivity contribution is -0.142. The topological polar surface area (TPSA) is 90.2 Å². The van der Waals surface area contributed by atoms with Crippen molar-refractivity contribution in [2.24, 2.45) is 5.92 Å². The fourth-order valence-electron chi connectivity index (χ4n) is 4.39. The van der Waals surface area contributed by atoms with Crippen LogP contribution in [0.5, 0.6) is 0 Å². The molecular weight excluding hydrogens is 433 g/mol. The third kappa shape index (κ3) is 5.60. The van der Waals surface area contributed by atoms with Gasteiger partial charge in [0.25, 0.3) is 5.91 Å². The van der Waals surface area contributed by atoms with Gasteiger partial charge in [0.2, 0.25) is 0 Å². The fourth-order valence-corrected chi connectivity index (χ4v) is 4.39. The highest BCUT2D eigenvalue weighted by atomic mass is 19.4. The predicted octanol–water partition coefficient (Wildman–Crippen LogP) is 5.27. The Morgan fingerprint density at radius 3 is 2.42 bits per heavy atom. The zero-order valence-electron chi connectivity index (χ0n) is 18.2. The number of nitrogens with one attached hydrogen (secondary N) is 1. The number of hydrogen-bond donors (Lipinski definition) is 2. The molecule has 2 aromatic rings. The van der Waals surface area contributed by atoms with E-state index in [1.54, 1.807) is 24.3 Å². The van der Waals surface area contributed by atoms with Gasteiger partial charge in [-0.3, -0.25) is 9.59 Å². The van der Waals surface area contributed by atoms with Crippen molar-refractivity contribution in [3.63, 3.8) is 0 Å². The van der Waals surface area contributed by atoms with Crippen LogP contribution >= 0.6 is 0 Å². The molecule has 1 aliphatic carbocycles. The lowest BCUT2D eigenvalue weighted by Crippen LogP contribution is -2.51. The van der Waals surface area contributed by atoms with Crippen LogP contribution in [0.3, 0.4) is 0 Å². The molecule has 5 nitrogen and oxygen atoms in total. The summed E-state index contributed by atoms with van der Waals surface area (Å²) in [5.41, 5.74) is -2.70. The predicted molar refractivity (Wildman–Crippen MR) is 116 cm³/mol. The molecule has 174 valence electrons. The molecule has 0 bridgehead atoms. The number of alkyl halides is 3. The van der Waals surface area contributed by atoms with Crippen LogP contribution in [-0.2, 0) is 17.4 Å². The Hall–Kier alpha value is -3.18. The lowest BCUT2D eigenvalue weighted by atomic mass is 9.73. The zero-order valence-corrected chi connectivity index (χ0v) is 18.2. The number of carbonyl (C=O) groups excluding carboxylic acids is 2. The van der Waals surface area contributed by atoms with Crippen molar-refractivity contribution in [2.75, 3.05) is 5.32 Å². The molecule has 1 aliphatic rings. The fraction of sp³-hybridized carbons (Fsp3) is 0.400. The average molecular weight is 458 g/mol. The van der Waals surface area contributed by atoms with E-state index in [9.17, 15) is 27.9 Å². The van der Waals surface area contributed by atoms with Gasteiger partial charge in [0.1, 0.15) is 5.60 Å². The van der Waals surface area contributed by atoms with Crippen molar-refractivity contribution < 1.29 is 27.9 Å². The molecule has 1 saturated carbocycles. The summed E-state index contributed by atoms with van der Waals surface area (Å²) in [6.45, 7) is 1.42. The zero-order chi connectivity index (χ0) is 24.2. The smallest absolute Gasteiger partial charge is 0.379 e. The Morgan fingerprint density at radius 2 is 1.82 bits per heavy atom. The highest BCUT2D eigenvalue weighted by molar-refractivity contribution is 5.98. The van der Waals surface area contributed by atoms with Crippen molar-refractivity contribution in [3.05, 3.63) is 64.7 Å². The third-order valence-corrected chi connectivity index (χ3v) is 6.18. The van der Waals surface area contributed by atoms with E-state index in [-0.39, 0.29) is 23.8 Å². The summed E-state index contributed by atoms with van der Waals surface area (Å²) in [6.07, 6.45) is -0.967. The normalized spacial score (nSPS) is 16.5. The number of nitriles is 1. The third-order valence-electron chi connectivity index (χ3n) is 6.18. The van der Waals surface area contributed by atoms with Gasteiger partial charge in [0.05, 0.1) is 17.2 Å². The number of amides is 1. The summed E-state index contributed by atoms with van der Waals surface area (Å²) in [5, 5.41) is 23.0. The second-order valence-electron chi connectivity index (χ2n) is 8.52. The highest BCUT2D eigenvalue weighted by Gasteiger charge is 2.44. The van der Waals surface area contributed by atoms with E-state index in [1.165, 1.54) is 19.1 Å². The van der Waals surface area contributed by atoms with Gasteiger partial charge >= 0.3 is 6.18 Å². The van der Waals surface area contributed by atoms with Crippen LogP contribution in [-0.4, -0.2) is 22.4 Å². The first kappa shape index (κ1) is 24.5. The van der Waals surface area contributed by atoms with Crippen LogP contribution in [0.2, 0.25) is 0 Å². The van der Waals surface area contributed by atoms with E-state index in [2.05, 4.69) is 5.32 Å². The quantitative estimate of drug-likeness (QED) is 0.577. The molecule has 0 aromatic heterocycles. The van der Waals surface area contributed by atoms with Gasteiger partial charge in [-0.2, -0.15) is 18.4 Å². The minimum absolute atomic E-state index is 0.0764. The van der Waals surface area contributed by atoms with Gasteiger partial charge in [-0.25, -0.2) is 0 Å². The van der Waals surface area contributed by atoms with E-state index in [4.69, 9.17) is 5.26 Å². The van der Waals surface area contributed by atoms with E-state index in [0.717, 1.165) is 25.3 Å². The average Bonchev–Trinajstić information content (AvgIpc) is 2.79. The molecule has 33 heavy (non-hydrogen) atoms. The van der Waals surface area contributed by atoms with Crippen molar-refractivity contribution in [1.82, 2.24) is 0 Å². The van der Waals surface area contributed by atoms with Crippen LogP contribution in [0.1, 0.15) is 66.1 Å². The minimum atomic E-state index is -4.77. The maximum atomic E-state index is 13.3. The van der Waals surface area contributed by atoms with Crippen LogP contribution < -0.4 is 5.32 Å². The van der Waals surface area contributed by atoms with Crippen LogP contribution in [0.15, 0.2) is 42.5 Å². The molecule has 2 N–H and O–H groups in total. The van der Waals surface area contributed by atoms with Gasteiger partial charge in [-0.05, 0) is 55.5 Å². The summed E-state index contributed by atoms with van der Waals surface area (Å²) in [4.78, 5) is 25.0. The number of anilines is 1. The largest absolute Gasteiger partial charge is 0.417 e. The van der Waals surface area contributed by atoms with Gasteiger partial charge in [0.15, 0.2) is 5.78 Å². The minimum Gasteiger partial charge on any atom is -0.379 e. The second kappa shape index (κ2) is 9.75. The van der Waals surface area contributed by atoms with Gasteiger partial charge < -0.3 is 10.4 Å². The maximum Gasteiger partial charge on any atom is 0.417 e. The van der Waals surface area contributed by atoms with Crippen molar-refractivity contribution in [2.45, 2.75) is 57.2 Å². The SMILES string of the molecule is CC(=O)c1cccc(CC(O)(C(=O)Nc2ccc(C#N)c(C(F)(F)F)c2)C2CCCCC2)c1. The van der Waals surface area contributed by atoms with E-state index in [1.807, 2.05) is 0 Å². The van der Waals surface area contributed by atoms with Gasteiger partial charge in [-0.15, -0.1) is 0 Å². The molecule has 0 aliphatic heterocycles. The number of Topliss-reactive ketones (excluding diaryl/α,β-unsaturated/α-hetero) is 1. The Morgan fingerprint density at radius 1 is 1.12 bits per heavy atom. The molecule has 3 rings (SSSR count). The maximum absolute atomic E-state index is 13.3. The summed E-state index contributed by atoms with van der Waals surface area (Å²) in [5.74, 6) is -1.34. The Kier molecular flexibility index (Phi) is 7.23. The molecule has 1 unspecified atom stereocenters. The number of carbonyl (C=O) groups is 2. The number of nitrogens with zero attached hydrogens (tertiary/aromatic N) is 1. The number of benzene rings is 2. The first-order chi connectivity index (χ1) is 15.5.